The Morgan fingerprint density at radius 2 is 1.71 bits per heavy atom. The van der Waals surface area contributed by atoms with E-state index < -0.39 is 21.8 Å². The molecule has 0 fully saturated rings. The molecule has 0 bridgehead atoms. The molecule has 3 rings (SSSR count). The second-order valence-corrected chi connectivity index (χ2v) is 9.61. The van der Waals surface area contributed by atoms with Crippen LogP contribution in [-0.2, 0) is 21.5 Å². The highest BCUT2D eigenvalue weighted by Crippen LogP contribution is 2.23. The predicted octanol–water partition coefficient (Wildman–Crippen LogP) is 4.99. The van der Waals surface area contributed by atoms with E-state index in [0.29, 0.717) is 17.7 Å². The quantitative estimate of drug-likeness (QED) is 0.420. The lowest BCUT2D eigenvalue weighted by Gasteiger charge is -2.29. The van der Waals surface area contributed by atoms with E-state index >= 15 is 0 Å². The average molecular weight is 499 g/mol. The summed E-state index contributed by atoms with van der Waals surface area (Å²) in [6.07, 6.45) is 0.652. The Labute approximate surface area is 204 Å². The van der Waals surface area contributed by atoms with Crippen LogP contribution in [0.5, 0.6) is 5.75 Å². The predicted molar refractivity (Wildman–Crippen MR) is 131 cm³/mol. The number of halogens is 1. The molecule has 0 saturated carbocycles. The van der Waals surface area contributed by atoms with Crippen LogP contribution in [0, 0.1) is 5.82 Å². The Morgan fingerprint density at radius 1 is 1.03 bits per heavy atom. The number of carbonyl (C=O) groups is 2. The van der Waals surface area contributed by atoms with Crippen LogP contribution in [-0.4, -0.2) is 31.2 Å². The number of nitrogens with zero attached hydrogens (tertiary/aromatic N) is 1. The van der Waals surface area contributed by atoms with E-state index in [4.69, 9.17) is 4.18 Å². The molecule has 1 N–H and O–H groups in total. The van der Waals surface area contributed by atoms with E-state index in [9.17, 15) is 22.4 Å². The lowest BCUT2D eigenvalue weighted by atomic mass is 10.1. The van der Waals surface area contributed by atoms with Gasteiger partial charge in [0.15, 0.2) is 0 Å². The van der Waals surface area contributed by atoms with Gasteiger partial charge < -0.3 is 14.4 Å². The van der Waals surface area contributed by atoms with Crippen molar-refractivity contribution in [3.8, 4) is 5.75 Å². The molecule has 0 radical (unpaired) electrons. The van der Waals surface area contributed by atoms with Crippen LogP contribution in [0.2, 0.25) is 0 Å². The summed E-state index contributed by atoms with van der Waals surface area (Å²) in [6, 6.07) is 17.6. The summed E-state index contributed by atoms with van der Waals surface area (Å²) in [5, 5.41) is 2.57. The van der Waals surface area contributed by atoms with Gasteiger partial charge in [-0.25, -0.2) is 4.39 Å². The van der Waals surface area contributed by atoms with E-state index in [0.717, 1.165) is 0 Å². The lowest BCUT2D eigenvalue weighted by molar-refractivity contribution is -0.114. The highest BCUT2D eigenvalue weighted by molar-refractivity contribution is 7.87. The summed E-state index contributed by atoms with van der Waals surface area (Å²) in [6.45, 7) is 5.29. The van der Waals surface area contributed by atoms with Crippen LogP contribution >= 0.6 is 0 Å². The highest BCUT2D eigenvalue weighted by atomic mass is 32.2. The Kier molecular flexibility index (Phi) is 8.24. The zero-order valence-corrected chi connectivity index (χ0v) is 20.5. The second-order valence-electron chi connectivity index (χ2n) is 8.06. The van der Waals surface area contributed by atoms with E-state index in [-0.39, 0.29) is 34.7 Å². The SMILES string of the molecule is CC[C@H](C)N(Cc1cccc(OS(=O)(=O)c2ccc(NC(C)=O)cc2)c1)C(=O)c1ccccc1F. The highest BCUT2D eigenvalue weighted by Gasteiger charge is 2.24. The monoisotopic (exact) mass is 498 g/mol. The lowest BCUT2D eigenvalue weighted by Crippen LogP contribution is -2.38. The molecule has 9 heteroatoms. The van der Waals surface area contributed by atoms with E-state index in [2.05, 4.69) is 5.32 Å². The van der Waals surface area contributed by atoms with Crippen LogP contribution in [0.3, 0.4) is 0 Å². The molecule has 0 aromatic heterocycles. The molecule has 0 spiro atoms. The fourth-order valence-electron chi connectivity index (χ4n) is 3.41. The summed E-state index contributed by atoms with van der Waals surface area (Å²) < 4.78 is 45.0. The molecule has 3 aromatic carbocycles. The average Bonchev–Trinajstić information content (AvgIpc) is 2.82. The first-order valence-corrected chi connectivity index (χ1v) is 12.5. The van der Waals surface area contributed by atoms with Crippen molar-refractivity contribution in [1.82, 2.24) is 4.90 Å². The van der Waals surface area contributed by atoms with Gasteiger partial charge in [0.05, 0.1) is 5.56 Å². The Bertz CT molecular complexity index is 1310. The molecule has 35 heavy (non-hydrogen) atoms. The summed E-state index contributed by atoms with van der Waals surface area (Å²) >= 11 is 0. The fourth-order valence-corrected chi connectivity index (χ4v) is 4.34. The van der Waals surface area contributed by atoms with E-state index in [1.807, 2.05) is 13.8 Å². The van der Waals surface area contributed by atoms with Gasteiger partial charge in [0.25, 0.3) is 5.91 Å². The van der Waals surface area contributed by atoms with Crippen LogP contribution in [0.1, 0.15) is 43.1 Å². The summed E-state index contributed by atoms with van der Waals surface area (Å²) in [5.41, 5.74) is 1.07. The minimum absolute atomic E-state index is 0.0227. The van der Waals surface area contributed by atoms with Gasteiger partial charge in [-0.15, -0.1) is 0 Å². The maximum Gasteiger partial charge on any atom is 0.339 e. The standard InChI is InChI=1S/C26H27FN2O5S/c1-4-18(2)29(26(31)24-10-5-6-11-25(24)27)17-20-8-7-9-22(16-20)34-35(32,33)23-14-12-21(13-15-23)28-19(3)30/h5-16,18H,4,17H2,1-3H3,(H,28,30)/t18-/m0/s1. The fraction of sp³-hybridized carbons (Fsp3) is 0.231. The summed E-state index contributed by atoms with van der Waals surface area (Å²) in [7, 11) is -4.13. The molecule has 0 saturated heterocycles. The minimum Gasteiger partial charge on any atom is -0.379 e. The first-order valence-electron chi connectivity index (χ1n) is 11.1. The number of carbonyl (C=O) groups excluding carboxylic acids is 2. The van der Waals surface area contributed by atoms with Crippen LogP contribution < -0.4 is 9.50 Å². The molecular weight excluding hydrogens is 471 g/mol. The van der Waals surface area contributed by atoms with E-state index in [1.165, 1.54) is 61.5 Å². The van der Waals surface area contributed by atoms with Crippen LogP contribution in [0.15, 0.2) is 77.7 Å². The second kappa shape index (κ2) is 11.1. The number of amides is 2. The Hall–Kier alpha value is -3.72. The number of rotatable bonds is 9. The normalized spacial score (nSPS) is 12.0. The topological polar surface area (TPSA) is 92.8 Å². The van der Waals surface area contributed by atoms with E-state index in [1.54, 1.807) is 23.1 Å². The number of hydrogen-bond acceptors (Lipinski definition) is 5. The third-order valence-corrected chi connectivity index (χ3v) is 6.67. The number of benzene rings is 3. The molecular formula is C26H27FN2O5S. The molecule has 1 atom stereocenters. The molecule has 3 aromatic rings. The third-order valence-electron chi connectivity index (χ3n) is 5.41. The van der Waals surface area contributed by atoms with Gasteiger partial charge in [0.2, 0.25) is 5.91 Å². The maximum atomic E-state index is 14.2. The van der Waals surface area contributed by atoms with Crippen molar-refractivity contribution in [3.63, 3.8) is 0 Å². The van der Waals surface area contributed by atoms with Crippen molar-refractivity contribution in [2.24, 2.45) is 0 Å². The minimum atomic E-state index is -4.13. The summed E-state index contributed by atoms with van der Waals surface area (Å²) in [4.78, 5) is 25.7. The van der Waals surface area contributed by atoms with Crippen molar-refractivity contribution in [2.75, 3.05) is 5.32 Å². The maximum absolute atomic E-state index is 14.2. The molecule has 0 aliphatic carbocycles. The number of nitrogens with one attached hydrogen (secondary N) is 1. The molecule has 7 nitrogen and oxygen atoms in total. The Morgan fingerprint density at radius 3 is 2.34 bits per heavy atom. The zero-order valence-electron chi connectivity index (χ0n) is 19.7. The first-order chi connectivity index (χ1) is 16.6. The third kappa shape index (κ3) is 6.66. The van der Waals surface area contributed by atoms with Crippen molar-refractivity contribution < 1.29 is 26.6 Å². The summed E-state index contributed by atoms with van der Waals surface area (Å²) in [5.74, 6) is -1.24. The van der Waals surface area contributed by atoms with Gasteiger partial charge in [-0.05, 0) is 67.4 Å². The van der Waals surface area contributed by atoms with Crippen molar-refractivity contribution in [1.29, 1.82) is 0 Å². The molecule has 0 heterocycles. The van der Waals surface area contributed by atoms with Gasteiger partial charge >= 0.3 is 10.1 Å². The van der Waals surface area contributed by atoms with Gasteiger partial charge in [0.1, 0.15) is 16.5 Å². The molecule has 0 unspecified atom stereocenters. The first kappa shape index (κ1) is 25.9. The largest absolute Gasteiger partial charge is 0.379 e. The zero-order chi connectivity index (χ0) is 25.6. The van der Waals surface area contributed by atoms with Gasteiger partial charge in [-0.2, -0.15) is 8.42 Å². The van der Waals surface area contributed by atoms with Crippen molar-refractivity contribution >= 4 is 27.6 Å². The smallest absolute Gasteiger partial charge is 0.339 e. The van der Waals surface area contributed by atoms with Crippen LogP contribution in [0.25, 0.3) is 0 Å². The van der Waals surface area contributed by atoms with Crippen LogP contribution in [0.4, 0.5) is 10.1 Å². The Balaban J connectivity index is 1.81. The molecule has 184 valence electrons. The number of hydrogen-bond donors (Lipinski definition) is 1. The molecule has 2 amide bonds. The van der Waals surface area contributed by atoms with Crippen molar-refractivity contribution in [2.45, 2.75) is 44.7 Å². The molecule has 0 aliphatic rings. The van der Waals surface area contributed by atoms with Gasteiger partial charge in [-0.3, -0.25) is 9.59 Å². The van der Waals surface area contributed by atoms with Crippen molar-refractivity contribution in [3.05, 3.63) is 89.7 Å². The number of anilines is 1. The van der Waals surface area contributed by atoms with Gasteiger partial charge in [-0.1, -0.05) is 31.2 Å². The van der Waals surface area contributed by atoms with Gasteiger partial charge in [0, 0.05) is 25.2 Å². The molecule has 0 aliphatic heterocycles.